The lowest BCUT2D eigenvalue weighted by Gasteiger charge is -2.35. The van der Waals surface area contributed by atoms with Crippen LogP contribution in [0.15, 0.2) is 77.3 Å². The van der Waals surface area contributed by atoms with Crippen LogP contribution >= 0.6 is 22.9 Å². The van der Waals surface area contributed by atoms with E-state index in [9.17, 15) is 26.4 Å². The van der Waals surface area contributed by atoms with Gasteiger partial charge in [0.25, 0.3) is 10.0 Å². The maximum atomic E-state index is 13.4. The summed E-state index contributed by atoms with van der Waals surface area (Å²) in [5.74, 6) is 0.222. The van der Waals surface area contributed by atoms with Gasteiger partial charge in [0, 0.05) is 63.8 Å². The number of halogens is 4. The van der Waals surface area contributed by atoms with E-state index < -0.39 is 33.7 Å². The van der Waals surface area contributed by atoms with Gasteiger partial charge in [-0.15, -0.1) is 11.3 Å². The summed E-state index contributed by atoms with van der Waals surface area (Å²) in [6.07, 6.45) is 0.0483. The van der Waals surface area contributed by atoms with Crippen LogP contribution in [0.2, 0.25) is 4.34 Å². The molecule has 0 radical (unpaired) electrons. The summed E-state index contributed by atoms with van der Waals surface area (Å²) in [5, 5.41) is 2.89. The van der Waals surface area contributed by atoms with Crippen LogP contribution in [-0.2, 0) is 34.1 Å². The summed E-state index contributed by atoms with van der Waals surface area (Å²) in [6, 6.07) is 14.5. The van der Waals surface area contributed by atoms with E-state index >= 15 is 0 Å². The van der Waals surface area contributed by atoms with Gasteiger partial charge in [-0.05, 0) is 66.4 Å². The minimum absolute atomic E-state index is 0.0815. The Bertz CT molecular complexity index is 1820. The van der Waals surface area contributed by atoms with Crippen molar-refractivity contribution in [2.75, 3.05) is 37.6 Å². The summed E-state index contributed by atoms with van der Waals surface area (Å²) in [5.41, 5.74) is 2.03. The van der Waals surface area contributed by atoms with Crippen LogP contribution in [0, 0.1) is 0 Å². The van der Waals surface area contributed by atoms with E-state index in [0.29, 0.717) is 52.9 Å². The lowest BCUT2D eigenvalue weighted by molar-refractivity contribution is -0.137. The summed E-state index contributed by atoms with van der Waals surface area (Å²) in [4.78, 5) is 26.8. The molecule has 6 rings (SSSR count). The molecule has 47 heavy (non-hydrogen) atoms. The molecule has 248 valence electrons. The van der Waals surface area contributed by atoms with Gasteiger partial charge in [0.2, 0.25) is 5.91 Å². The van der Waals surface area contributed by atoms with Gasteiger partial charge in [0.15, 0.2) is 0 Å². The number of thiophene rings is 1. The fraction of sp³-hybridized carbons (Fsp3) is 0.344. The van der Waals surface area contributed by atoms with Gasteiger partial charge < -0.3 is 10.2 Å². The first-order valence-electron chi connectivity index (χ1n) is 15.1. The second-order valence-electron chi connectivity index (χ2n) is 11.5. The van der Waals surface area contributed by atoms with Gasteiger partial charge >= 0.3 is 6.18 Å². The minimum atomic E-state index is -4.46. The van der Waals surface area contributed by atoms with Crippen LogP contribution in [0.1, 0.15) is 29.5 Å². The number of alkyl halides is 3. The topological polar surface area (TPSA) is 98.7 Å². The molecule has 0 bridgehead atoms. The van der Waals surface area contributed by atoms with E-state index in [4.69, 9.17) is 16.6 Å². The molecule has 0 unspecified atom stereocenters. The van der Waals surface area contributed by atoms with E-state index in [1.165, 1.54) is 28.6 Å². The molecule has 0 aliphatic carbocycles. The molecule has 1 N–H and O–H groups in total. The third-order valence-electron chi connectivity index (χ3n) is 8.29. The summed E-state index contributed by atoms with van der Waals surface area (Å²) < 4.78 is 68.0. The van der Waals surface area contributed by atoms with Crippen molar-refractivity contribution in [1.82, 2.24) is 24.5 Å². The molecule has 2 aliphatic heterocycles. The minimum Gasteiger partial charge on any atom is -0.354 e. The fourth-order valence-electron chi connectivity index (χ4n) is 5.85. The van der Waals surface area contributed by atoms with E-state index in [0.717, 1.165) is 48.7 Å². The van der Waals surface area contributed by atoms with Crippen LogP contribution in [0.25, 0.3) is 11.3 Å². The summed E-state index contributed by atoms with van der Waals surface area (Å²) in [7, 11) is -3.90. The first-order valence-corrected chi connectivity index (χ1v) is 17.7. The number of pyridine rings is 2. The zero-order valence-corrected chi connectivity index (χ0v) is 27.5. The van der Waals surface area contributed by atoms with E-state index in [1.54, 1.807) is 12.3 Å². The number of carbonyl (C=O) groups excluding carboxylic acids is 1. The molecular weight excluding hydrogens is 673 g/mol. The second kappa shape index (κ2) is 13.9. The molecule has 1 aromatic carbocycles. The van der Waals surface area contributed by atoms with Crippen LogP contribution in [0.4, 0.5) is 19.0 Å². The Morgan fingerprint density at radius 3 is 2.43 bits per heavy atom. The van der Waals surface area contributed by atoms with Crippen LogP contribution < -0.4 is 10.2 Å². The lowest BCUT2D eigenvalue weighted by atomic mass is 10.1. The molecular formula is C32H32ClF3N6O3S2. The number of sulfonamides is 1. The number of anilines is 1. The van der Waals surface area contributed by atoms with Crippen molar-refractivity contribution < 1.29 is 26.4 Å². The largest absolute Gasteiger partial charge is 0.416 e. The molecule has 1 amide bonds. The van der Waals surface area contributed by atoms with Crippen molar-refractivity contribution >= 4 is 44.7 Å². The molecule has 9 nitrogen and oxygen atoms in total. The van der Waals surface area contributed by atoms with E-state index in [2.05, 4.69) is 20.1 Å². The van der Waals surface area contributed by atoms with Gasteiger partial charge in [-0.25, -0.2) is 13.4 Å². The maximum Gasteiger partial charge on any atom is 0.416 e. The monoisotopic (exact) mass is 704 g/mol. The number of amides is 1. The quantitative estimate of drug-likeness (QED) is 0.240. The third kappa shape index (κ3) is 7.78. The van der Waals surface area contributed by atoms with Crippen LogP contribution in [-0.4, -0.2) is 72.3 Å². The molecule has 5 heterocycles. The van der Waals surface area contributed by atoms with Gasteiger partial charge in [-0.2, -0.15) is 17.5 Å². The molecule has 15 heteroatoms. The van der Waals surface area contributed by atoms with Crippen LogP contribution in [0.5, 0.6) is 0 Å². The predicted molar refractivity (Wildman–Crippen MR) is 174 cm³/mol. The number of hydrogen-bond donors (Lipinski definition) is 1. The Kier molecular flexibility index (Phi) is 9.85. The highest BCUT2D eigenvalue weighted by Gasteiger charge is 2.40. The molecule has 0 spiro atoms. The Balaban J connectivity index is 1.20. The predicted octanol–water partition coefficient (Wildman–Crippen LogP) is 5.67. The van der Waals surface area contributed by atoms with Crippen molar-refractivity contribution in [1.29, 1.82) is 0 Å². The molecule has 2 saturated heterocycles. The fourth-order valence-corrected chi connectivity index (χ4v) is 9.12. The number of benzene rings is 1. The SMILES string of the molecule is O=C(NCc1cc(-c2ccc(C(F)(F)F)cc2)nc(N2CCN(Cc3cccnc3)CC2)c1)[C@@H]1CCCN1S(=O)(=O)c1ccc(Cl)s1. The summed E-state index contributed by atoms with van der Waals surface area (Å²) >= 11 is 6.92. The molecule has 2 fully saturated rings. The number of hydrogen-bond acceptors (Lipinski definition) is 8. The zero-order valence-electron chi connectivity index (χ0n) is 25.2. The Morgan fingerprint density at radius 2 is 1.77 bits per heavy atom. The normalized spacial score (nSPS) is 18.0. The Labute approximate surface area is 280 Å². The number of aromatic nitrogens is 2. The molecule has 1 atom stereocenters. The van der Waals surface area contributed by atoms with Crippen molar-refractivity contribution in [2.45, 2.75) is 42.4 Å². The molecule has 2 aliphatic rings. The van der Waals surface area contributed by atoms with Gasteiger partial charge in [0.1, 0.15) is 16.1 Å². The number of carbonyl (C=O) groups is 1. The maximum absolute atomic E-state index is 13.4. The Hall–Kier alpha value is -3.56. The number of nitrogens with one attached hydrogen (secondary N) is 1. The standard InChI is InChI=1S/C32H32ClF3N6O3S2/c33-28-9-10-30(46-28)47(44,45)42-12-2-4-27(42)31(43)38-20-23-17-26(24-5-7-25(8-6-24)32(34,35)36)39-29(18-23)41-15-13-40(14-16-41)21-22-3-1-11-37-19-22/h1,3,5-11,17-19,27H,2,4,12-16,20-21H2,(H,38,43)/t27-/m0/s1. The number of piperazine rings is 1. The highest BCUT2D eigenvalue weighted by Crippen LogP contribution is 2.33. The summed E-state index contributed by atoms with van der Waals surface area (Å²) in [6.45, 7) is 3.97. The zero-order chi connectivity index (χ0) is 33.2. The second-order valence-corrected chi connectivity index (χ2v) is 15.3. The molecule has 0 saturated carbocycles. The molecule has 3 aromatic heterocycles. The lowest BCUT2D eigenvalue weighted by Crippen LogP contribution is -2.46. The average Bonchev–Trinajstić information content (AvgIpc) is 3.75. The van der Waals surface area contributed by atoms with Gasteiger partial charge in [-0.3, -0.25) is 14.7 Å². The highest BCUT2D eigenvalue weighted by atomic mass is 35.5. The van der Waals surface area contributed by atoms with Crippen molar-refractivity contribution in [2.24, 2.45) is 0 Å². The van der Waals surface area contributed by atoms with Gasteiger partial charge in [-0.1, -0.05) is 29.8 Å². The average molecular weight is 705 g/mol. The highest BCUT2D eigenvalue weighted by molar-refractivity contribution is 7.91. The first-order chi connectivity index (χ1) is 22.5. The van der Waals surface area contributed by atoms with Crippen molar-refractivity contribution in [3.63, 3.8) is 0 Å². The number of rotatable bonds is 9. The third-order valence-corrected chi connectivity index (χ3v) is 11.9. The number of nitrogens with zero attached hydrogens (tertiary/aromatic N) is 5. The van der Waals surface area contributed by atoms with Crippen molar-refractivity contribution in [3.8, 4) is 11.3 Å². The Morgan fingerprint density at radius 1 is 1.00 bits per heavy atom. The van der Waals surface area contributed by atoms with Gasteiger partial charge in [0.05, 0.1) is 15.6 Å². The smallest absolute Gasteiger partial charge is 0.354 e. The van der Waals surface area contributed by atoms with E-state index in [1.807, 2.05) is 24.4 Å². The van der Waals surface area contributed by atoms with Crippen molar-refractivity contribution in [3.05, 3.63) is 94.1 Å². The first kappa shape index (κ1) is 33.3. The molecule has 4 aromatic rings. The van der Waals surface area contributed by atoms with E-state index in [-0.39, 0.29) is 17.3 Å². The van der Waals surface area contributed by atoms with Crippen LogP contribution in [0.3, 0.4) is 0 Å².